The summed E-state index contributed by atoms with van der Waals surface area (Å²) in [6, 6.07) is 0. The second-order valence-electron chi connectivity index (χ2n) is 3.34. The van der Waals surface area contributed by atoms with Crippen LogP contribution in [0, 0.1) is 0 Å². The number of ether oxygens (including phenoxy) is 2. The van der Waals surface area contributed by atoms with Gasteiger partial charge in [-0.15, -0.1) is 6.58 Å². The van der Waals surface area contributed by atoms with Gasteiger partial charge in [0.1, 0.15) is 0 Å². The van der Waals surface area contributed by atoms with E-state index in [1.54, 1.807) is 19.9 Å². The summed E-state index contributed by atoms with van der Waals surface area (Å²) in [6.45, 7) is 7.07. The van der Waals surface area contributed by atoms with Gasteiger partial charge in [-0.25, -0.2) is 0 Å². The minimum atomic E-state index is -0.775. The molecule has 0 saturated carbocycles. The summed E-state index contributed by atoms with van der Waals surface area (Å²) in [5, 5.41) is 0. The maximum absolute atomic E-state index is 11.0. The molecule has 1 unspecified atom stereocenters. The van der Waals surface area contributed by atoms with E-state index in [4.69, 9.17) is 9.47 Å². The largest absolute Gasteiger partial charge is 0.434 e. The smallest absolute Gasteiger partial charge is 0.310 e. The van der Waals surface area contributed by atoms with Gasteiger partial charge in [0.25, 0.3) is 0 Å². The van der Waals surface area contributed by atoms with Gasteiger partial charge in [-0.1, -0.05) is 6.08 Å². The highest BCUT2D eigenvalue weighted by Gasteiger charge is 2.34. The Morgan fingerprint density at radius 1 is 1.75 bits per heavy atom. The van der Waals surface area contributed by atoms with Gasteiger partial charge in [-0.3, -0.25) is 4.79 Å². The van der Waals surface area contributed by atoms with E-state index in [9.17, 15) is 4.79 Å². The van der Waals surface area contributed by atoms with Gasteiger partial charge in [0, 0.05) is 13.8 Å². The summed E-state index contributed by atoms with van der Waals surface area (Å²) in [5.74, 6) is -0.971. The van der Waals surface area contributed by atoms with Crippen molar-refractivity contribution in [2.75, 3.05) is 0 Å². The van der Waals surface area contributed by atoms with E-state index in [-0.39, 0.29) is 12.1 Å². The number of cyclic esters (lactones) is 1. The Kier molecular flexibility index (Phi) is 2.52. The first-order valence-electron chi connectivity index (χ1n) is 4.04. The Balaban J connectivity index is 2.57. The average Bonchev–Trinajstić information content (AvgIpc) is 1.82. The molecule has 0 aliphatic carbocycles. The normalized spacial score (nSPS) is 27.8. The highest BCUT2D eigenvalue weighted by atomic mass is 16.7. The fraction of sp³-hybridized carbons (Fsp3) is 0.667. The first-order valence-corrected chi connectivity index (χ1v) is 4.04. The molecule has 1 fully saturated rings. The second kappa shape index (κ2) is 3.27. The summed E-state index contributed by atoms with van der Waals surface area (Å²) in [5.41, 5.74) is 0. The fourth-order valence-corrected chi connectivity index (χ4v) is 1.29. The van der Waals surface area contributed by atoms with Crippen molar-refractivity contribution in [3.05, 3.63) is 12.7 Å². The van der Waals surface area contributed by atoms with Gasteiger partial charge in [0.15, 0.2) is 0 Å². The molecule has 0 N–H and O–H groups in total. The molecular weight excluding hydrogens is 156 g/mol. The maximum Gasteiger partial charge on any atom is 0.310 e. The van der Waals surface area contributed by atoms with Crippen molar-refractivity contribution in [1.82, 2.24) is 0 Å². The van der Waals surface area contributed by atoms with Crippen LogP contribution in [0.3, 0.4) is 0 Å². The number of hydrogen-bond acceptors (Lipinski definition) is 3. The van der Waals surface area contributed by atoms with Crippen LogP contribution < -0.4 is 0 Å². The lowest BCUT2D eigenvalue weighted by Gasteiger charge is -2.34. The van der Waals surface area contributed by atoms with Crippen LogP contribution in [0.4, 0.5) is 0 Å². The van der Waals surface area contributed by atoms with Crippen molar-refractivity contribution >= 4 is 5.97 Å². The third kappa shape index (κ3) is 2.34. The molecule has 0 aromatic heterocycles. The molecule has 0 radical (unpaired) electrons. The molecular formula is C9H14O3. The van der Waals surface area contributed by atoms with Crippen molar-refractivity contribution in [3.63, 3.8) is 0 Å². The van der Waals surface area contributed by atoms with Gasteiger partial charge in [0.05, 0.1) is 12.5 Å². The third-order valence-electron chi connectivity index (χ3n) is 1.63. The standard InChI is InChI=1S/C9H14O3/c1-4-5-7-6-8(10)12-9(2,3)11-7/h4,7H,1,5-6H2,2-3H3. The molecule has 1 aliphatic heterocycles. The highest BCUT2D eigenvalue weighted by Crippen LogP contribution is 2.24. The lowest BCUT2D eigenvalue weighted by atomic mass is 10.1. The van der Waals surface area contributed by atoms with E-state index >= 15 is 0 Å². The van der Waals surface area contributed by atoms with E-state index in [0.717, 1.165) is 0 Å². The molecule has 0 aromatic rings. The molecule has 1 aliphatic rings. The zero-order chi connectivity index (χ0) is 9.19. The summed E-state index contributed by atoms with van der Waals surface area (Å²) >= 11 is 0. The Labute approximate surface area is 72.4 Å². The molecule has 1 atom stereocenters. The van der Waals surface area contributed by atoms with E-state index < -0.39 is 5.79 Å². The van der Waals surface area contributed by atoms with Gasteiger partial charge in [0.2, 0.25) is 5.79 Å². The van der Waals surface area contributed by atoms with Crippen molar-refractivity contribution in [1.29, 1.82) is 0 Å². The van der Waals surface area contributed by atoms with Crippen LogP contribution >= 0.6 is 0 Å². The predicted molar refractivity (Wildman–Crippen MR) is 44.5 cm³/mol. The van der Waals surface area contributed by atoms with Gasteiger partial charge < -0.3 is 9.47 Å². The Hall–Kier alpha value is -0.830. The quantitative estimate of drug-likeness (QED) is 0.466. The van der Waals surface area contributed by atoms with Crippen LogP contribution in [0.2, 0.25) is 0 Å². The molecule has 0 aromatic carbocycles. The van der Waals surface area contributed by atoms with Crippen LogP contribution in [0.25, 0.3) is 0 Å². The molecule has 0 amide bonds. The monoisotopic (exact) mass is 170 g/mol. The Morgan fingerprint density at radius 2 is 2.42 bits per heavy atom. The second-order valence-corrected chi connectivity index (χ2v) is 3.34. The van der Waals surface area contributed by atoms with Crippen LogP contribution in [0.15, 0.2) is 12.7 Å². The number of hydrogen-bond donors (Lipinski definition) is 0. The highest BCUT2D eigenvalue weighted by molar-refractivity contribution is 5.71. The number of carbonyl (C=O) groups is 1. The summed E-state index contributed by atoms with van der Waals surface area (Å²) < 4.78 is 10.4. The number of rotatable bonds is 2. The molecule has 0 spiro atoms. The van der Waals surface area contributed by atoms with Gasteiger partial charge >= 0.3 is 5.97 Å². The van der Waals surface area contributed by atoms with Gasteiger partial charge in [-0.2, -0.15) is 0 Å². The summed E-state index contributed by atoms with van der Waals surface area (Å²) in [7, 11) is 0. The lowest BCUT2D eigenvalue weighted by molar-refractivity contribution is -0.256. The zero-order valence-corrected chi connectivity index (χ0v) is 7.50. The van der Waals surface area contributed by atoms with E-state index in [2.05, 4.69) is 6.58 Å². The first-order chi connectivity index (χ1) is 5.53. The molecule has 0 bridgehead atoms. The number of carbonyl (C=O) groups excluding carboxylic acids is 1. The molecule has 1 heterocycles. The molecule has 68 valence electrons. The van der Waals surface area contributed by atoms with E-state index in [0.29, 0.717) is 12.8 Å². The van der Waals surface area contributed by atoms with Crippen LogP contribution in [-0.2, 0) is 14.3 Å². The Bertz CT molecular complexity index is 196. The fourth-order valence-electron chi connectivity index (χ4n) is 1.29. The van der Waals surface area contributed by atoms with Crippen molar-refractivity contribution in [2.24, 2.45) is 0 Å². The lowest BCUT2D eigenvalue weighted by Crippen LogP contribution is -2.42. The average molecular weight is 170 g/mol. The molecule has 12 heavy (non-hydrogen) atoms. The van der Waals surface area contributed by atoms with Crippen LogP contribution in [0.5, 0.6) is 0 Å². The van der Waals surface area contributed by atoms with E-state index in [1.807, 2.05) is 0 Å². The molecule has 3 heteroatoms. The molecule has 1 saturated heterocycles. The van der Waals surface area contributed by atoms with Crippen molar-refractivity contribution in [3.8, 4) is 0 Å². The summed E-state index contributed by atoms with van der Waals surface area (Å²) in [4.78, 5) is 11.0. The van der Waals surface area contributed by atoms with E-state index in [1.165, 1.54) is 0 Å². The van der Waals surface area contributed by atoms with Gasteiger partial charge in [-0.05, 0) is 6.42 Å². The van der Waals surface area contributed by atoms with Crippen LogP contribution in [0.1, 0.15) is 26.7 Å². The minimum absolute atomic E-state index is 0.0706. The first kappa shape index (κ1) is 9.26. The topological polar surface area (TPSA) is 35.5 Å². The minimum Gasteiger partial charge on any atom is -0.434 e. The zero-order valence-electron chi connectivity index (χ0n) is 7.50. The SMILES string of the molecule is C=CCC1CC(=O)OC(C)(C)O1. The molecule has 3 nitrogen and oxygen atoms in total. The maximum atomic E-state index is 11.0. The third-order valence-corrected chi connectivity index (χ3v) is 1.63. The number of esters is 1. The van der Waals surface area contributed by atoms with Crippen molar-refractivity contribution in [2.45, 2.75) is 38.6 Å². The predicted octanol–water partition coefficient (Wildman–Crippen LogP) is 1.63. The van der Waals surface area contributed by atoms with Crippen LogP contribution in [-0.4, -0.2) is 17.9 Å². The molecule has 1 rings (SSSR count). The Morgan fingerprint density at radius 3 is 2.92 bits per heavy atom. The van der Waals surface area contributed by atoms with Crippen molar-refractivity contribution < 1.29 is 14.3 Å². The summed E-state index contributed by atoms with van der Waals surface area (Å²) in [6.07, 6.45) is 2.70.